The van der Waals surface area contributed by atoms with E-state index in [0.717, 1.165) is 25.1 Å². The number of aliphatic hydroxyl groups excluding tert-OH is 1. The van der Waals surface area contributed by atoms with Gasteiger partial charge in [0.2, 0.25) is 11.9 Å². The monoisotopic (exact) mass is 489 g/mol. The molecule has 0 aliphatic carbocycles. The third-order valence-corrected chi connectivity index (χ3v) is 5.93. The number of aliphatic hydroxyl groups is 1. The Labute approximate surface area is 208 Å². The van der Waals surface area contributed by atoms with Crippen molar-refractivity contribution in [1.82, 2.24) is 9.97 Å². The summed E-state index contributed by atoms with van der Waals surface area (Å²) in [5, 5.41) is 28.6. The van der Waals surface area contributed by atoms with Gasteiger partial charge in [-0.05, 0) is 49.2 Å². The van der Waals surface area contributed by atoms with Crippen molar-refractivity contribution >= 4 is 52.0 Å². The van der Waals surface area contributed by atoms with Gasteiger partial charge in [-0.2, -0.15) is 10.2 Å². The smallest absolute Gasteiger partial charge is 0.247 e. The Balaban J connectivity index is 1.57. The van der Waals surface area contributed by atoms with E-state index < -0.39 is 0 Å². The Morgan fingerprint density at radius 3 is 2.80 bits per heavy atom. The van der Waals surface area contributed by atoms with Crippen LogP contribution in [0.4, 0.5) is 34.5 Å². The molecule has 4 rings (SSSR count). The van der Waals surface area contributed by atoms with E-state index in [0.29, 0.717) is 28.4 Å². The van der Waals surface area contributed by atoms with E-state index >= 15 is 0 Å². The van der Waals surface area contributed by atoms with E-state index in [9.17, 15) is 15.2 Å². The molecule has 1 aliphatic rings. The molecule has 10 heteroatoms. The predicted octanol–water partition coefficient (Wildman–Crippen LogP) is 4.57. The minimum atomic E-state index is -0.345. The molecule has 2 heterocycles. The molecule has 0 saturated carbocycles. The summed E-state index contributed by atoms with van der Waals surface area (Å²) in [6, 6.07) is 14.9. The molecule has 3 aromatic rings. The standard InChI is InChI=1S/C25H24ClN7O2/c1-2-23(35)29-21-7-3-4-8-22(21)30-24-19(26)14-28-25(32-24)31-20-10-9-17(12-16(20)13-27)33-11-5-6-18(33)15-34/h2-4,7-10,12,14,18,34H,1,5-6,11,15H2,(H,29,35)(H2,28,30,31,32). The number of nitrogens with one attached hydrogen (secondary N) is 3. The number of halogens is 1. The molecular formula is C25H24ClN7O2. The number of benzene rings is 2. The van der Waals surface area contributed by atoms with Crippen LogP contribution in [0.25, 0.3) is 0 Å². The van der Waals surface area contributed by atoms with Crippen LogP contribution in [0.2, 0.25) is 5.02 Å². The van der Waals surface area contributed by atoms with Crippen LogP contribution in [-0.4, -0.2) is 40.2 Å². The average Bonchev–Trinajstić information content (AvgIpc) is 3.36. The molecule has 4 N–H and O–H groups in total. The molecule has 0 bridgehead atoms. The van der Waals surface area contributed by atoms with Crippen LogP contribution in [0.1, 0.15) is 18.4 Å². The first kappa shape index (κ1) is 24.0. The summed E-state index contributed by atoms with van der Waals surface area (Å²) in [5.41, 5.74) is 2.98. The van der Waals surface area contributed by atoms with Crippen LogP contribution in [0.3, 0.4) is 0 Å². The Morgan fingerprint density at radius 1 is 1.26 bits per heavy atom. The first-order chi connectivity index (χ1) is 17.0. The highest BCUT2D eigenvalue weighted by Gasteiger charge is 2.24. The number of anilines is 6. The third-order valence-electron chi connectivity index (χ3n) is 5.66. The fourth-order valence-corrected chi connectivity index (χ4v) is 4.06. The van der Waals surface area contributed by atoms with Crippen molar-refractivity contribution < 1.29 is 9.90 Å². The molecule has 1 unspecified atom stereocenters. The summed E-state index contributed by atoms with van der Waals surface area (Å²) in [5.74, 6) is 0.215. The van der Waals surface area contributed by atoms with Gasteiger partial charge in [-0.15, -0.1) is 0 Å². The van der Waals surface area contributed by atoms with Gasteiger partial charge in [-0.25, -0.2) is 4.98 Å². The number of aromatic nitrogens is 2. The Morgan fingerprint density at radius 2 is 2.06 bits per heavy atom. The van der Waals surface area contributed by atoms with Gasteiger partial charge in [-0.1, -0.05) is 30.3 Å². The maximum Gasteiger partial charge on any atom is 0.247 e. The highest BCUT2D eigenvalue weighted by Crippen LogP contribution is 2.32. The second-order valence-electron chi connectivity index (χ2n) is 7.89. The van der Waals surface area contributed by atoms with E-state index in [1.54, 1.807) is 30.3 Å². The van der Waals surface area contributed by atoms with E-state index in [-0.39, 0.29) is 29.5 Å². The van der Waals surface area contributed by atoms with Crippen molar-refractivity contribution in [2.24, 2.45) is 0 Å². The topological polar surface area (TPSA) is 126 Å². The molecule has 1 atom stereocenters. The van der Waals surface area contributed by atoms with E-state index in [4.69, 9.17) is 11.6 Å². The quantitative estimate of drug-likeness (QED) is 0.339. The SMILES string of the molecule is C=CC(=O)Nc1ccccc1Nc1nc(Nc2ccc(N3CCCC3CO)cc2C#N)ncc1Cl. The van der Waals surface area contributed by atoms with Crippen LogP contribution in [-0.2, 0) is 4.79 Å². The van der Waals surface area contributed by atoms with Gasteiger partial charge in [0.25, 0.3) is 0 Å². The number of carbonyl (C=O) groups is 1. The summed E-state index contributed by atoms with van der Waals surface area (Å²) in [4.78, 5) is 22.6. The van der Waals surface area contributed by atoms with Crippen molar-refractivity contribution in [3.63, 3.8) is 0 Å². The van der Waals surface area contributed by atoms with Crippen molar-refractivity contribution in [2.75, 3.05) is 34.0 Å². The molecule has 0 spiro atoms. The zero-order valence-corrected chi connectivity index (χ0v) is 19.6. The van der Waals surface area contributed by atoms with E-state index in [1.807, 2.05) is 12.1 Å². The van der Waals surface area contributed by atoms with Gasteiger partial charge in [0, 0.05) is 12.2 Å². The van der Waals surface area contributed by atoms with Gasteiger partial charge in [0.05, 0.1) is 41.5 Å². The summed E-state index contributed by atoms with van der Waals surface area (Å²) in [6.07, 6.45) is 4.55. The lowest BCUT2D eigenvalue weighted by Crippen LogP contribution is -2.32. The molecule has 1 fully saturated rings. The molecule has 1 aliphatic heterocycles. The molecule has 2 aromatic carbocycles. The van der Waals surface area contributed by atoms with Crippen molar-refractivity contribution in [3.8, 4) is 6.07 Å². The van der Waals surface area contributed by atoms with Crippen LogP contribution >= 0.6 is 11.6 Å². The summed E-state index contributed by atoms with van der Waals surface area (Å²) >= 11 is 6.32. The maximum absolute atomic E-state index is 11.8. The number of hydrogen-bond donors (Lipinski definition) is 4. The normalized spacial score (nSPS) is 14.8. The summed E-state index contributed by atoms with van der Waals surface area (Å²) in [6.45, 7) is 4.39. The Kier molecular flexibility index (Phi) is 7.45. The minimum Gasteiger partial charge on any atom is -0.394 e. The molecule has 1 amide bonds. The molecule has 178 valence electrons. The Bertz CT molecular complexity index is 1290. The lowest BCUT2D eigenvalue weighted by atomic mass is 10.1. The number of para-hydroxylation sites is 2. The number of nitrogens with zero attached hydrogens (tertiary/aromatic N) is 4. The molecule has 1 aromatic heterocycles. The van der Waals surface area contributed by atoms with Gasteiger partial charge >= 0.3 is 0 Å². The second kappa shape index (κ2) is 10.9. The van der Waals surface area contributed by atoms with Crippen LogP contribution < -0.4 is 20.9 Å². The number of amides is 1. The zero-order chi connectivity index (χ0) is 24.8. The minimum absolute atomic E-state index is 0.0627. The Hall–Kier alpha value is -4.13. The molecule has 35 heavy (non-hydrogen) atoms. The van der Waals surface area contributed by atoms with E-state index in [2.05, 4.69) is 43.5 Å². The van der Waals surface area contributed by atoms with E-state index in [1.165, 1.54) is 12.3 Å². The van der Waals surface area contributed by atoms with Crippen LogP contribution in [0, 0.1) is 11.3 Å². The van der Waals surface area contributed by atoms with Crippen LogP contribution in [0.5, 0.6) is 0 Å². The van der Waals surface area contributed by atoms with Crippen molar-refractivity contribution in [1.29, 1.82) is 5.26 Å². The molecule has 1 saturated heterocycles. The number of rotatable bonds is 8. The van der Waals surface area contributed by atoms with Crippen molar-refractivity contribution in [2.45, 2.75) is 18.9 Å². The number of carbonyl (C=O) groups excluding carboxylic acids is 1. The molecular weight excluding hydrogens is 466 g/mol. The van der Waals surface area contributed by atoms with Gasteiger partial charge in [0.1, 0.15) is 11.1 Å². The summed E-state index contributed by atoms with van der Waals surface area (Å²) < 4.78 is 0. The zero-order valence-electron chi connectivity index (χ0n) is 18.8. The predicted molar refractivity (Wildman–Crippen MR) is 137 cm³/mol. The largest absolute Gasteiger partial charge is 0.394 e. The highest BCUT2D eigenvalue weighted by molar-refractivity contribution is 6.33. The van der Waals surface area contributed by atoms with Gasteiger partial charge < -0.3 is 26.0 Å². The van der Waals surface area contributed by atoms with Gasteiger partial charge in [-0.3, -0.25) is 4.79 Å². The fourth-order valence-electron chi connectivity index (χ4n) is 3.93. The first-order valence-corrected chi connectivity index (χ1v) is 11.4. The lowest BCUT2D eigenvalue weighted by Gasteiger charge is -2.25. The average molecular weight is 490 g/mol. The summed E-state index contributed by atoms with van der Waals surface area (Å²) in [7, 11) is 0. The van der Waals surface area contributed by atoms with Gasteiger partial charge in [0.15, 0.2) is 5.82 Å². The lowest BCUT2D eigenvalue weighted by molar-refractivity contribution is -0.111. The first-order valence-electron chi connectivity index (χ1n) is 11.0. The molecule has 0 radical (unpaired) electrons. The van der Waals surface area contributed by atoms with Crippen molar-refractivity contribution in [3.05, 3.63) is 71.9 Å². The number of hydrogen-bond acceptors (Lipinski definition) is 8. The number of nitriles is 1. The second-order valence-corrected chi connectivity index (χ2v) is 8.30. The van der Waals surface area contributed by atoms with Crippen LogP contribution in [0.15, 0.2) is 61.3 Å². The highest BCUT2D eigenvalue weighted by atomic mass is 35.5. The third kappa shape index (κ3) is 5.51. The fraction of sp³-hybridized carbons (Fsp3) is 0.200. The maximum atomic E-state index is 11.8. The molecule has 9 nitrogen and oxygen atoms in total.